The van der Waals surface area contributed by atoms with Crippen molar-refractivity contribution in [2.45, 2.75) is 19.4 Å². The lowest BCUT2D eigenvalue weighted by atomic mass is 9.97. The number of hydrogen-bond donors (Lipinski definition) is 1. The number of benzene rings is 2. The normalized spacial score (nSPS) is 17.3. The first-order valence-corrected chi connectivity index (χ1v) is 9.53. The van der Waals surface area contributed by atoms with Crippen molar-refractivity contribution in [3.8, 4) is 11.5 Å². The summed E-state index contributed by atoms with van der Waals surface area (Å²) in [5.74, 6) is 1.61. The number of likely N-dealkylation sites (tertiary alicyclic amines) is 1. The van der Waals surface area contributed by atoms with Crippen LogP contribution in [0.5, 0.6) is 11.5 Å². The molecule has 0 bridgehead atoms. The number of amides is 1. The van der Waals surface area contributed by atoms with Gasteiger partial charge < -0.3 is 14.8 Å². The van der Waals surface area contributed by atoms with E-state index in [-0.39, 0.29) is 12.5 Å². The van der Waals surface area contributed by atoms with Gasteiger partial charge in [0.05, 0.1) is 7.11 Å². The van der Waals surface area contributed by atoms with Crippen LogP contribution in [0.25, 0.3) is 0 Å². The Morgan fingerprint density at radius 3 is 2.63 bits per heavy atom. The predicted molar refractivity (Wildman–Crippen MR) is 106 cm³/mol. The summed E-state index contributed by atoms with van der Waals surface area (Å²) in [5.41, 5.74) is 1.34. The number of methoxy groups -OCH3 is 1. The fourth-order valence-electron chi connectivity index (χ4n) is 3.49. The topological polar surface area (TPSA) is 50.8 Å². The van der Waals surface area contributed by atoms with Crippen LogP contribution in [-0.2, 0) is 11.3 Å². The van der Waals surface area contributed by atoms with Gasteiger partial charge in [0.2, 0.25) is 0 Å². The number of carbonyl (C=O) groups excluding carboxylic acids is 1. The predicted octanol–water partition coefficient (Wildman–Crippen LogP) is 3.10. The Bertz CT molecular complexity index is 721. The SMILES string of the molecule is COc1ccccc1OCC(=O)NC[C@H]1CCCN(Cc2ccccc2)C1. The number of nitrogens with one attached hydrogen (secondary N) is 1. The maximum atomic E-state index is 12.1. The Labute approximate surface area is 161 Å². The monoisotopic (exact) mass is 368 g/mol. The van der Waals surface area contributed by atoms with Crippen molar-refractivity contribution in [2.75, 3.05) is 33.4 Å². The van der Waals surface area contributed by atoms with E-state index in [1.807, 2.05) is 24.3 Å². The molecule has 5 nitrogen and oxygen atoms in total. The van der Waals surface area contributed by atoms with Crippen LogP contribution in [-0.4, -0.2) is 44.2 Å². The van der Waals surface area contributed by atoms with Gasteiger partial charge in [0.1, 0.15) is 0 Å². The van der Waals surface area contributed by atoms with Gasteiger partial charge in [0, 0.05) is 19.6 Å². The summed E-state index contributed by atoms with van der Waals surface area (Å²) in [5, 5.41) is 3.01. The van der Waals surface area contributed by atoms with Crippen LogP contribution in [0.3, 0.4) is 0 Å². The molecule has 0 aromatic heterocycles. The molecule has 0 unspecified atom stereocenters. The van der Waals surface area contributed by atoms with Crippen LogP contribution >= 0.6 is 0 Å². The molecule has 1 aliphatic heterocycles. The minimum absolute atomic E-state index is 0.000816. The molecule has 0 aliphatic carbocycles. The van der Waals surface area contributed by atoms with Crippen LogP contribution in [0.2, 0.25) is 0 Å². The zero-order chi connectivity index (χ0) is 18.9. The van der Waals surface area contributed by atoms with Gasteiger partial charge >= 0.3 is 0 Å². The highest BCUT2D eigenvalue weighted by molar-refractivity contribution is 5.77. The number of carbonyl (C=O) groups is 1. The van der Waals surface area contributed by atoms with Gasteiger partial charge in [-0.15, -0.1) is 0 Å². The van der Waals surface area contributed by atoms with E-state index >= 15 is 0 Å². The van der Waals surface area contributed by atoms with Crippen LogP contribution in [0.15, 0.2) is 54.6 Å². The third-order valence-electron chi connectivity index (χ3n) is 4.87. The minimum Gasteiger partial charge on any atom is -0.493 e. The molecule has 1 N–H and O–H groups in total. The number of rotatable bonds is 8. The van der Waals surface area contributed by atoms with Gasteiger partial charge in [-0.1, -0.05) is 42.5 Å². The smallest absolute Gasteiger partial charge is 0.257 e. The van der Waals surface area contributed by atoms with Crippen molar-refractivity contribution in [3.63, 3.8) is 0 Å². The lowest BCUT2D eigenvalue weighted by Gasteiger charge is -2.32. The average molecular weight is 368 g/mol. The summed E-state index contributed by atoms with van der Waals surface area (Å²) in [7, 11) is 1.59. The molecule has 1 saturated heterocycles. The van der Waals surface area contributed by atoms with Crippen molar-refractivity contribution in [3.05, 3.63) is 60.2 Å². The Balaban J connectivity index is 1.40. The molecular weight excluding hydrogens is 340 g/mol. The zero-order valence-electron chi connectivity index (χ0n) is 15.9. The molecule has 3 rings (SSSR count). The molecule has 2 aromatic rings. The number of nitrogens with zero attached hydrogens (tertiary/aromatic N) is 1. The molecule has 1 amide bonds. The molecule has 27 heavy (non-hydrogen) atoms. The first-order valence-electron chi connectivity index (χ1n) is 9.53. The summed E-state index contributed by atoms with van der Waals surface area (Å²) in [4.78, 5) is 14.6. The molecule has 0 spiro atoms. The van der Waals surface area contributed by atoms with Crippen LogP contribution in [0, 0.1) is 5.92 Å². The van der Waals surface area contributed by atoms with Gasteiger partial charge in [-0.25, -0.2) is 0 Å². The van der Waals surface area contributed by atoms with E-state index in [2.05, 4.69) is 34.5 Å². The minimum atomic E-state index is -0.0962. The Morgan fingerprint density at radius 1 is 1.11 bits per heavy atom. The molecule has 1 heterocycles. The summed E-state index contributed by atoms with van der Waals surface area (Å²) >= 11 is 0. The molecule has 2 aromatic carbocycles. The first kappa shape index (κ1) is 19.2. The van der Waals surface area contributed by atoms with E-state index in [4.69, 9.17) is 9.47 Å². The summed E-state index contributed by atoms with van der Waals surface area (Å²) in [6.45, 7) is 3.81. The van der Waals surface area contributed by atoms with Gasteiger partial charge in [-0.2, -0.15) is 0 Å². The molecule has 1 atom stereocenters. The molecule has 5 heteroatoms. The van der Waals surface area contributed by atoms with Crippen molar-refractivity contribution >= 4 is 5.91 Å². The molecule has 1 fully saturated rings. The fourth-order valence-corrected chi connectivity index (χ4v) is 3.49. The molecular formula is C22H28N2O3. The largest absolute Gasteiger partial charge is 0.493 e. The van der Waals surface area contributed by atoms with E-state index in [0.717, 1.165) is 26.1 Å². The van der Waals surface area contributed by atoms with Gasteiger partial charge in [0.25, 0.3) is 5.91 Å². The second kappa shape index (κ2) is 9.97. The Hall–Kier alpha value is -2.53. The lowest BCUT2D eigenvalue weighted by molar-refractivity contribution is -0.123. The number of hydrogen-bond acceptors (Lipinski definition) is 4. The fraction of sp³-hybridized carbons (Fsp3) is 0.409. The highest BCUT2D eigenvalue weighted by Crippen LogP contribution is 2.25. The highest BCUT2D eigenvalue weighted by Gasteiger charge is 2.20. The van der Waals surface area contributed by atoms with Crippen molar-refractivity contribution < 1.29 is 14.3 Å². The Morgan fingerprint density at radius 2 is 1.85 bits per heavy atom. The Kier molecular flexibility index (Phi) is 7.11. The number of piperidine rings is 1. The van der Waals surface area contributed by atoms with Gasteiger partial charge in [-0.3, -0.25) is 9.69 Å². The van der Waals surface area contributed by atoms with E-state index in [9.17, 15) is 4.79 Å². The van der Waals surface area contributed by atoms with Crippen molar-refractivity contribution in [2.24, 2.45) is 5.92 Å². The van der Waals surface area contributed by atoms with Crippen LogP contribution in [0.1, 0.15) is 18.4 Å². The van der Waals surface area contributed by atoms with E-state index in [0.29, 0.717) is 24.0 Å². The molecule has 0 saturated carbocycles. The maximum Gasteiger partial charge on any atom is 0.257 e. The van der Waals surface area contributed by atoms with Crippen molar-refractivity contribution in [1.82, 2.24) is 10.2 Å². The maximum absolute atomic E-state index is 12.1. The van der Waals surface area contributed by atoms with Crippen molar-refractivity contribution in [1.29, 1.82) is 0 Å². The standard InChI is InChI=1S/C22H28N2O3/c1-26-20-11-5-6-12-21(20)27-17-22(25)23-14-19-10-7-13-24(16-19)15-18-8-3-2-4-9-18/h2-6,8-9,11-12,19H,7,10,13-17H2,1H3,(H,23,25)/t19-/m1/s1. The first-order chi connectivity index (χ1) is 13.2. The third kappa shape index (κ3) is 6.00. The van der Waals surface area contributed by atoms with Crippen LogP contribution < -0.4 is 14.8 Å². The number of ether oxygens (including phenoxy) is 2. The number of para-hydroxylation sites is 2. The molecule has 0 radical (unpaired) electrons. The average Bonchev–Trinajstić information content (AvgIpc) is 2.72. The van der Waals surface area contributed by atoms with Crippen LogP contribution in [0.4, 0.5) is 0 Å². The molecule has 144 valence electrons. The molecule has 1 aliphatic rings. The van der Waals surface area contributed by atoms with E-state index in [1.54, 1.807) is 13.2 Å². The third-order valence-corrected chi connectivity index (χ3v) is 4.87. The summed E-state index contributed by atoms with van der Waals surface area (Å²) in [6.07, 6.45) is 2.32. The zero-order valence-corrected chi connectivity index (χ0v) is 15.9. The van der Waals surface area contributed by atoms with E-state index < -0.39 is 0 Å². The highest BCUT2D eigenvalue weighted by atomic mass is 16.5. The van der Waals surface area contributed by atoms with Gasteiger partial charge in [-0.05, 0) is 43.0 Å². The lowest BCUT2D eigenvalue weighted by Crippen LogP contribution is -2.41. The van der Waals surface area contributed by atoms with Gasteiger partial charge in [0.15, 0.2) is 18.1 Å². The summed E-state index contributed by atoms with van der Waals surface area (Å²) < 4.78 is 10.8. The van der Waals surface area contributed by atoms with E-state index in [1.165, 1.54) is 12.0 Å². The quantitative estimate of drug-likeness (QED) is 0.778. The second-order valence-corrected chi connectivity index (χ2v) is 6.97. The summed E-state index contributed by atoms with van der Waals surface area (Å²) in [6, 6.07) is 17.9. The second-order valence-electron chi connectivity index (χ2n) is 6.97.